The smallest absolute Gasteiger partial charge is 0.331 e. The Labute approximate surface area is 53.9 Å². The van der Waals surface area contributed by atoms with E-state index in [1.165, 1.54) is 11.5 Å². The van der Waals surface area contributed by atoms with Crippen molar-refractivity contribution in [2.24, 2.45) is 0 Å². The van der Waals surface area contributed by atoms with E-state index in [1.54, 1.807) is 6.92 Å². The Bertz CT molecular complexity index is 98.6. The summed E-state index contributed by atoms with van der Waals surface area (Å²) in [6.07, 6.45) is 1.26. The molecule has 0 atom stereocenters. The molecule has 0 heterocycles. The van der Waals surface area contributed by atoms with E-state index in [0.29, 0.717) is 6.61 Å². The molecule has 0 aliphatic heterocycles. The summed E-state index contributed by atoms with van der Waals surface area (Å²) in [5, 5.41) is 1.35. The Morgan fingerprint density at radius 2 is 2.50 bits per heavy atom. The van der Waals surface area contributed by atoms with Crippen LogP contribution < -0.4 is 0 Å². The van der Waals surface area contributed by atoms with Gasteiger partial charge in [0, 0.05) is 6.08 Å². The second kappa shape index (κ2) is 4.71. The van der Waals surface area contributed by atoms with Crippen molar-refractivity contribution in [3.05, 3.63) is 11.5 Å². The second-order valence-corrected chi connectivity index (χ2v) is 1.37. The molecule has 0 aliphatic rings. The van der Waals surface area contributed by atoms with E-state index in [2.05, 4.69) is 17.4 Å². The van der Waals surface area contributed by atoms with Crippen LogP contribution in [0.2, 0.25) is 0 Å². The van der Waals surface area contributed by atoms with Crippen molar-refractivity contribution in [2.45, 2.75) is 6.92 Å². The van der Waals surface area contributed by atoms with Gasteiger partial charge in [0.2, 0.25) is 0 Å². The summed E-state index contributed by atoms with van der Waals surface area (Å²) in [6, 6.07) is 0. The van der Waals surface area contributed by atoms with Gasteiger partial charge in [-0.15, -0.1) is 0 Å². The minimum atomic E-state index is -0.345. The van der Waals surface area contributed by atoms with Crippen molar-refractivity contribution in [2.75, 3.05) is 6.61 Å². The third kappa shape index (κ3) is 3.74. The Hall–Kier alpha value is -0.440. The standard InChI is InChI=1S/C5H8O2S/c1-2-7-5(6)3-4-8/h3-4,8H,2H2,1H3/b4-3+. The van der Waals surface area contributed by atoms with E-state index in [-0.39, 0.29) is 5.97 Å². The van der Waals surface area contributed by atoms with Gasteiger partial charge in [0.25, 0.3) is 0 Å². The van der Waals surface area contributed by atoms with Gasteiger partial charge < -0.3 is 4.74 Å². The molecule has 0 spiro atoms. The highest BCUT2D eigenvalue weighted by Crippen LogP contribution is 1.81. The lowest BCUT2D eigenvalue weighted by atomic mass is 10.6. The maximum absolute atomic E-state index is 10.3. The molecule has 0 aromatic heterocycles. The molecule has 0 aromatic carbocycles. The first-order valence-electron chi connectivity index (χ1n) is 2.28. The first-order chi connectivity index (χ1) is 3.81. The minimum absolute atomic E-state index is 0.345. The van der Waals surface area contributed by atoms with E-state index >= 15 is 0 Å². The summed E-state index contributed by atoms with van der Waals surface area (Å²) in [5.74, 6) is -0.345. The number of hydrogen-bond donors (Lipinski definition) is 1. The highest BCUT2D eigenvalue weighted by molar-refractivity contribution is 7.83. The summed E-state index contributed by atoms with van der Waals surface area (Å²) in [4.78, 5) is 10.3. The van der Waals surface area contributed by atoms with Gasteiger partial charge in [-0.3, -0.25) is 0 Å². The third-order valence-electron chi connectivity index (χ3n) is 0.497. The number of esters is 1. The van der Waals surface area contributed by atoms with Gasteiger partial charge in [0.05, 0.1) is 6.61 Å². The predicted molar refractivity (Wildman–Crippen MR) is 34.8 cm³/mol. The van der Waals surface area contributed by atoms with Crippen molar-refractivity contribution in [1.29, 1.82) is 0 Å². The molecule has 0 N–H and O–H groups in total. The Balaban J connectivity index is 3.33. The van der Waals surface area contributed by atoms with Crippen molar-refractivity contribution < 1.29 is 9.53 Å². The van der Waals surface area contributed by atoms with Gasteiger partial charge in [-0.25, -0.2) is 4.79 Å². The molecule has 0 saturated heterocycles. The number of thiol groups is 1. The van der Waals surface area contributed by atoms with Crippen LogP contribution in [0.25, 0.3) is 0 Å². The molecule has 0 aliphatic carbocycles. The predicted octanol–water partition coefficient (Wildman–Crippen LogP) is 0.993. The van der Waals surface area contributed by atoms with Gasteiger partial charge in [-0.05, 0) is 12.3 Å². The maximum atomic E-state index is 10.3. The van der Waals surface area contributed by atoms with E-state index in [9.17, 15) is 4.79 Å². The fourth-order valence-electron chi connectivity index (χ4n) is 0.251. The van der Waals surface area contributed by atoms with Crippen LogP contribution >= 0.6 is 12.6 Å². The minimum Gasteiger partial charge on any atom is -0.463 e. The van der Waals surface area contributed by atoms with Gasteiger partial charge in [0.1, 0.15) is 0 Å². The molecule has 0 rings (SSSR count). The summed E-state index contributed by atoms with van der Waals surface area (Å²) >= 11 is 3.67. The molecule has 46 valence electrons. The second-order valence-electron chi connectivity index (χ2n) is 1.07. The summed E-state index contributed by atoms with van der Waals surface area (Å²) in [5.41, 5.74) is 0. The Morgan fingerprint density at radius 1 is 1.88 bits per heavy atom. The van der Waals surface area contributed by atoms with Crippen LogP contribution in [0.1, 0.15) is 6.92 Å². The van der Waals surface area contributed by atoms with Crippen molar-refractivity contribution in [1.82, 2.24) is 0 Å². The highest BCUT2D eigenvalue weighted by Gasteiger charge is 1.88. The molecule has 0 amide bonds. The van der Waals surface area contributed by atoms with Gasteiger partial charge in [-0.1, -0.05) is 0 Å². The lowest BCUT2D eigenvalue weighted by Gasteiger charge is -1.91. The molecular formula is C5H8O2S. The van der Waals surface area contributed by atoms with Crippen LogP contribution in [-0.4, -0.2) is 12.6 Å². The summed E-state index contributed by atoms with van der Waals surface area (Å²) in [6.45, 7) is 2.17. The topological polar surface area (TPSA) is 26.3 Å². The van der Waals surface area contributed by atoms with Crippen LogP contribution in [0.5, 0.6) is 0 Å². The highest BCUT2D eigenvalue weighted by atomic mass is 32.1. The Kier molecular flexibility index (Phi) is 4.45. The molecule has 0 unspecified atom stereocenters. The number of ether oxygens (including phenoxy) is 1. The van der Waals surface area contributed by atoms with Crippen molar-refractivity contribution in [3.8, 4) is 0 Å². The molecule has 3 heteroatoms. The quantitative estimate of drug-likeness (QED) is 0.344. The van der Waals surface area contributed by atoms with Crippen LogP contribution in [0, 0.1) is 0 Å². The van der Waals surface area contributed by atoms with Gasteiger partial charge in [0.15, 0.2) is 0 Å². The summed E-state index contributed by atoms with van der Waals surface area (Å²) < 4.78 is 4.51. The van der Waals surface area contributed by atoms with E-state index in [4.69, 9.17) is 0 Å². The molecule has 0 saturated carbocycles. The molecule has 0 bridgehead atoms. The fraction of sp³-hybridized carbons (Fsp3) is 0.400. The molecule has 0 fully saturated rings. The monoisotopic (exact) mass is 132 g/mol. The molecule has 0 aromatic rings. The SMILES string of the molecule is CCOC(=O)/C=C/S. The zero-order chi connectivity index (χ0) is 6.41. The van der Waals surface area contributed by atoms with Crippen LogP contribution in [0.4, 0.5) is 0 Å². The largest absolute Gasteiger partial charge is 0.463 e. The molecular weight excluding hydrogens is 124 g/mol. The average Bonchev–Trinajstić information content (AvgIpc) is 1.68. The van der Waals surface area contributed by atoms with E-state index in [1.807, 2.05) is 0 Å². The molecule has 0 radical (unpaired) electrons. The first kappa shape index (κ1) is 7.56. The zero-order valence-electron chi connectivity index (χ0n) is 4.63. The lowest BCUT2D eigenvalue weighted by molar-refractivity contribution is -0.137. The van der Waals surface area contributed by atoms with Gasteiger partial charge >= 0.3 is 5.97 Å². The van der Waals surface area contributed by atoms with Gasteiger partial charge in [-0.2, -0.15) is 12.6 Å². The van der Waals surface area contributed by atoms with E-state index < -0.39 is 0 Å². The number of rotatable bonds is 2. The van der Waals surface area contributed by atoms with Crippen LogP contribution in [-0.2, 0) is 9.53 Å². The maximum Gasteiger partial charge on any atom is 0.331 e. The van der Waals surface area contributed by atoms with E-state index in [0.717, 1.165) is 0 Å². The third-order valence-corrected chi connectivity index (χ3v) is 0.646. The van der Waals surface area contributed by atoms with Crippen molar-refractivity contribution in [3.63, 3.8) is 0 Å². The Morgan fingerprint density at radius 3 is 2.88 bits per heavy atom. The average molecular weight is 132 g/mol. The number of hydrogen-bond acceptors (Lipinski definition) is 3. The normalized spacial score (nSPS) is 9.75. The lowest BCUT2D eigenvalue weighted by Crippen LogP contribution is -1.97. The van der Waals surface area contributed by atoms with Crippen molar-refractivity contribution >= 4 is 18.6 Å². The fourth-order valence-corrected chi connectivity index (χ4v) is 0.373. The van der Waals surface area contributed by atoms with Crippen LogP contribution in [0.3, 0.4) is 0 Å². The first-order valence-corrected chi connectivity index (χ1v) is 2.80. The molecule has 8 heavy (non-hydrogen) atoms. The zero-order valence-corrected chi connectivity index (χ0v) is 5.52. The summed E-state index contributed by atoms with van der Waals surface area (Å²) in [7, 11) is 0. The number of carbonyl (C=O) groups excluding carboxylic acids is 1. The molecule has 2 nitrogen and oxygen atoms in total. The number of carbonyl (C=O) groups is 1. The van der Waals surface area contributed by atoms with Crippen LogP contribution in [0.15, 0.2) is 11.5 Å².